The molecule has 2 N–H and O–H groups in total. The van der Waals surface area contributed by atoms with Crippen LogP contribution in [0, 0.1) is 11.6 Å². The molecule has 4 rings (SSSR count). The first-order valence-corrected chi connectivity index (χ1v) is 10.9. The van der Waals surface area contributed by atoms with E-state index in [9.17, 15) is 23.2 Å². The first-order valence-electron chi connectivity index (χ1n) is 10.9. The highest BCUT2D eigenvalue weighted by Gasteiger charge is 2.16. The van der Waals surface area contributed by atoms with Gasteiger partial charge in [-0.25, -0.2) is 13.8 Å². The van der Waals surface area contributed by atoms with Gasteiger partial charge in [-0.3, -0.25) is 19.0 Å². The van der Waals surface area contributed by atoms with E-state index in [0.29, 0.717) is 17.6 Å². The second kappa shape index (κ2) is 10.7. The summed E-state index contributed by atoms with van der Waals surface area (Å²) in [6.07, 6.45) is 0.110. The van der Waals surface area contributed by atoms with Crippen LogP contribution in [0.15, 0.2) is 77.6 Å². The second-order valence-electron chi connectivity index (χ2n) is 7.87. The molecule has 9 heteroatoms. The van der Waals surface area contributed by atoms with E-state index in [1.165, 1.54) is 4.57 Å². The van der Waals surface area contributed by atoms with Crippen LogP contribution in [-0.2, 0) is 29.1 Å². The molecule has 178 valence electrons. The van der Waals surface area contributed by atoms with Crippen LogP contribution in [0.4, 0.5) is 14.5 Å². The van der Waals surface area contributed by atoms with Crippen molar-refractivity contribution in [3.05, 3.63) is 106 Å². The molecule has 0 spiro atoms. The average molecular weight is 476 g/mol. The molecule has 0 aliphatic carbocycles. The standard InChI is InChI=1S/C26H22F2N4O3/c27-18-10-11-19(28)22(14-18)31-25(34)16-32-23-9-5-4-8-20(23)30-21(26(32)35)12-13-24(33)29-15-17-6-2-1-3-7-17/h1-11,14H,12-13,15-16H2,(H,29,33)(H,31,34). The number of benzene rings is 3. The van der Waals surface area contributed by atoms with Crippen molar-refractivity contribution in [2.24, 2.45) is 0 Å². The third kappa shape index (κ3) is 5.94. The number of carbonyl (C=O) groups is 2. The summed E-state index contributed by atoms with van der Waals surface area (Å²) in [7, 11) is 0. The van der Waals surface area contributed by atoms with Gasteiger partial charge in [0, 0.05) is 25.5 Å². The molecule has 0 aliphatic rings. The Labute approximate surface area is 199 Å². The maximum atomic E-state index is 13.9. The Bertz CT molecular complexity index is 1440. The zero-order valence-electron chi connectivity index (χ0n) is 18.6. The van der Waals surface area contributed by atoms with E-state index in [2.05, 4.69) is 15.6 Å². The topological polar surface area (TPSA) is 93.1 Å². The fraction of sp³-hybridized carbons (Fsp3) is 0.154. The molecule has 4 aromatic rings. The molecule has 0 aliphatic heterocycles. The lowest BCUT2D eigenvalue weighted by atomic mass is 10.2. The largest absolute Gasteiger partial charge is 0.352 e. The van der Waals surface area contributed by atoms with Gasteiger partial charge >= 0.3 is 0 Å². The van der Waals surface area contributed by atoms with Gasteiger partial charge in [0.15, 0.2) is 0 Å². The van der Waals surface area contributed by atoms with Gasteiger partial charge in [-0.15, -0.1) is 0 Å². The minimum atomic E-state index is -0.797. The molecular weight excluding hydrogens is 454 g/mol. The van der Waals surface area contributed by atoms with Gasteiger partial charge in [0.2, 0.25) is 11.8 Å². The number of fused-ring (bicyclic) bond motifs is 1. The third-order valence-electron chi connectivity index (χ3n) is 5.35. The molecule has 0 radical (unpaired) electrons. The van der Waals surface area contributed by atoms with Crippen molar-refractivity contribution < 1.29 is 18.4 Å². The molecule has 1 heterocycles. The average Bonchev–Trinajstić information content (AvgIpc) is 2.86. The predicted molar refractivity (Wildman–Crippen MR) is 128 cm³/mol. The number of halogens is 2. The quantitative estimate of drug-likeness (QED) is 0.407. The van der Waals surface area contributed by atoms with Gasteiger partial charge < -0.3 is 10.6 Å². The second-order valence-corrected chi connectivity index (χ2v) is 7.87. The van der Waals surface area contributed by atoms with Crippen LogP contribution in [0.25, 0.3) is 11.0 Å². The van der Waals surface area contributed by atoms with Crippen molar-refractivity contribution in [3.63, 3.8) is 0 Å². The Balaban J connectivity index is 1.51. The monoisotopic (exact) mass is 476 g/mol. The van der Waals surface area contributed by atoms with Crippen molar-refractivity contribution in [1.29, 1.82) is 0 Å². The number of aromatic nitrogens is 2. The van der Waals surface area contributed by atoms with E-state index < -0.39 is 29.6 Å². The predicted octanol–water partition coefficient (Wildman–Crippen LogP) is 3.56. The van der Waals surface area contributed by atoms with Crippen molar-refractivity contribution >= 4 is 28.5 Å². The van der Waals surface area contributed by atoms with Crippen molar-refractivity contribution in [1.82, 2.24) is 14.9 Å². The minimum absolute atomic E-state index is 0.0358. The van der Waals surface area contributed by atoms with E-state index in [1.54, 1.807) is 24.3 Å². The number of nitrogens with zero attached hydrogens (tertiary/aromatic N) is 2. The highest BCUT2D eigenvalue weighted by Crippen LogP contribution is 2.16. The van der Waals surface area contributed by atoms with Crippen molar-refractivity contribution in [2.75, 3.05) is 5.32 Å². The van der Waals surface area contributed by atoms with Crippen LogP contribution in [-0.4, -0.2) is 21.4 Å². The number of aryl methyl sites for hydroxylation is 1. The van der Waals surface area contributed by atoms with E-state index in [1.807, 2.05) is 30.3 Å². The lowest BCUT2D eigenvalue weighted by Gasteiger charge is -2.13. The van der Waals surface area contributed by atoms with Crippen LogP contribution in [0.2, 0.25) is 0 Å². The van der Waals surface area contributed by atoms with Gasteiger partial charge in [0.25, 0.3) is 5.56 Å². The first kappa shape index (κ1) is 23.7. The molecular formula is C26H22F2N4O3. The summed E-state index contributed by atoms with van der Waals surface area (Å²) in [5, 5.41) is 5.10. The molecule has 35 heavy (non-hydrogen) atoms. The maximum Gasteiger partial charge on any atom is 0.273 e. The number of carbonyl (C=O) groups excluding carboxylic acids is 2. The highest BCUT2D eigenvalue weighted by molar-refractivity contribution is 5.91. The number of hydrogen-bond donors (Lipinski definition) is 2. The van der Waals surface area contributed by atoms with Crippen molar-refractivity contribution in [3.8, 4) is 0 Å². The number of anilines is 1. The van der Waals surface area contributed by atoms with Crippen LogP contribution < -0.4 is 16.2 Å². The van der Waals surface area contributed by atoms with Crippen LogP contribution in [0.5, 0.6) is 0 Å². The number of para-hydroxylation sites is 2. The Morgan fingerprint density at radius 1 is 0.914 bits per heavy atom. The Morgan fingerprint density at radius 2 is 1.66 bits per heavy atom. The molecule has 7 nitrogen and oxygen atoms in total. The molecule has 0 fully saturated rings. The number of hydrogen-bond acceptors (Lipinski definition) is 4. The van der Waals surface area contributed by atoms with Gasteiger partial charge in [0.1, 0.15) is 23.9 Å². The first-order chi connectivity index (χ1) is 16.9. The number of amides is 2. The Hall–Kier alpha value is -4.40. The summed E-state index contributed by atoms with van der Waals surface area (Å²) in [6, 6.07) is 18.9. The van der Waals surface area contributed by atoms with Gasteiger partial charge in [-0.05, 0) is 29.8 Å². The number of rotatable bonds is 8. The van der Waals surface area contributed by atoms with E-state index in [-0.39, 0.29) is 30.1 Å². The summed E-state index contributed by atoms with van der Waals surface area (Å²) >= 11 is 0. The van der Waals surface area contributed by atoms with Crippen molar-refractivity contribution in [2.45, 2.75) is 25.9 Å². The van der Waals surface area contributed by atoms with Crippen LogP contribution in [0.3, 0.4) is 0 Å². The summed E-state index contributed by atoms with van der Waals surface area (Å²) in [5.41, 5.74) is 1.10. The lowest BCUT2D eigenvalue weighted by Crippen LogP contribution is -2.32. The fourth-order valence-corrected chi connectivity index (χ4v) is 3.61. The minimum Gasteiger partial charge on any atom is -0.352 e. The molecule has 2 amide bonds. The van der Waals surface area contributed by atoms with Gasteiger partial charge in [-0.2, -0.15) is 0 Å². The molecule has 0 saturated carbocycles. The van der Waals surface area contributed by atoms with Gasteiger partial charge in [-0.1, -0.05) is 42.5 Å². The Kier molecular flexibility index (Phi) is 7.25. The normalized spacial score (nSPS) is 10.8. The molecule has 0 saturated heterocycles. The zero-order chi connectivity index (χ0) is 24.8. The summed E-state index contributed by atoms with van der Waals surface area (Å²) in [6.45, 7) is -0.0725. The molecule has 0 bridgehead atoms. The molecule has 0 atom stereocenters. The van der Waals surface area contributed by atoms with E-state index in [4.69, 9.17) is 0 Å². The SMILES string of the molecule is O=C(CCc1nc2ccccc2n(CC(=O)Nc2cc(F)ccc2F)c1=O)NCc1ccccc1. The lowest BCUT2D eigenvalue weighted by molar-refractivity contribution is -0.121. The van der Waals surface area contributed by atoms with Crippen LogP contribution >= 0.6 is 0 Å². The maximum absolute atomic E-state index is 13.9. The van der Waals surface area contributed by atoms with E-state index in [0.717, 1.165) is 23.8 Å². The fourth-order valence-electron chi connectivity index (χ4n) is 3.61. The molecule has 3 aromatic carbocycles. The molecule has 1 aromatic heterocycles. The van der Waals surface area contributed by atoms with Crippen LogP contribution in [0.1, 0.15) is 17.7 Å². The summed E-state index contributed by atoms with van der Waals surface area (Å²) < 4.78 is 28.6. The number of nitrogens with one attached hydrogen (secondary N) is 2. The molecule has 0 unspecified atom stereocenters. The van der Waals surface area contributed by atoms with E-state index >= 15 is 0 Å². The highest BCUT2D eigenvalue weighted by atomic mass is 19.1. The van der Waals surface area contributed by atoms with Gasteiger partial charge in [0.05, 0.1) is 16.7 Å². The summed E-state index contributed by atoms with van der Waals surface area (Å²) in [4.78, 5) is 42.4. The third-order valence-corrected chi connectivity index (χ3v) is 5.35. The summed E-state index contributed by atoms with van der Waals surface area (Å²) in [5.74, 6) is -2.46. The zero-order valence-corrected chi connectivity index (χ0v) is 18.6. The smallest absolute Gasteiger partial charge is 0.273 e. The Morgan fingerprint density at radius 3 is 2.46 bits per heavy atom.